The van der Waals surface area contributed by atoms with Crippen LogP contribution in [-0.4, -0.2) is 55.5 Å². The smallest absolute Gasteiger partial charge is 0.224 e. The molecule has 2 heterocycles. The zero-order valence-electron chi connectivity index (χ0n) is 19.4. The number of halogens is 1. The molecule has 2 aromatic rings. The lowest BCUT2D eigenvalue weighted by atomic mass is 10.1. The van der Waals surface area contributed by atoms with Gasteiger partial charge < -0.3 is 24.8 Å². The number of carbonyl (C=O) groups is 2. The molecule has 1 aliphatic rings. The van der Waals surface area contributed by atoms with Crippen molar-refractivity contribution in [3.63, 3.8) is 0 Å². The van der Waals surface area contributed by atoms with Crippen LogP contribution in [0.1, 0.15) is 36.7 Å². The Morgan fingerprint density at radius 2 is 2.03 bits per heavy atom. The molecule has 0 spiro atoms. The fourth-order valence-electron chi connectivity index (χ4n) is 3.98. The van der Waals surface area contributed by atoms with Crippen molar-refractivity contribution < 1.29 is 18.7 Å². The number of aromatic nitrogens is 1. The van der Waals surface area contributed by atoms with Gasteiger partial charge in [-0.1, -0.05) is 5.57 Å². The Hall–Kier alpha value is -3.55. The summed E-state index contributed by atoms with van der Waals surface area (Å²) >= 11 is 0. The maximum atomic E-state index is 14.0. The molecule has 0 aliphatic carbocycles. The molecule has 1 amide bonds. The van der Waals surface area contributed by atoms with Crippen molar-refractivity contribution in [3.05, 3.63) is 71.1 Å². The molecule has 0 unspecified atom stereocenters. The minimum absolute atomic E-state index is 0.0482. The van der Waals surface area contributed by atoms with Crippen LogP contribution in [0.5, 0.6) is 0 Å². The lowest BCUT2D eigenvalue weighted by molar-refractivity contribution is -0.130. The fraction of sp³-hybridized carbons (Fsp3) is 0.360. The molecule has 0 bridgehead atoms. The zero-order valence-corrected chi connectivity index (χ0v) is 19.4. The second kappa shape index (κ2) is 10.8. The predicted octanol–water partition coefficient (Wildman–Crippen LogP) is 3.64. The van der Waals surface area contributed by atoms with Gasteiger partial charge in [0.15, 0.2) is 12.2 Å². The summed E-state index contributed by atoms with van der Waals surface area (Å²) in [5.74, 6) is 0.0286. The van der Waals surface area contributed by atoms with Gasteiger partial charge in [-0.05, 0) is 55.7 Å². The predicted molar refractivity (Wildman–Crippen MR) is 127 cm³/mol. The first-order valence-electron chi connectivity index (χ1n) is 10.9. The highest BCUT2D eigenvalue weighted by Gasteiger charge is 2.20. The molecule has 33 heavy (non-hydrogen) atoms. The summed E-state index contributed by atoms with van der Waals surface area (Å²) in [7, 11) is 3.35. The van der Waals surface area contributed by atoms with Crippen molar-refractivity contribution in [2.75, 3.05) is 38.7 Å². The fourth-order valence-corrected chi connectivity index (χ4v) is 3.98. The topological polar surface area (TPSA) is 80.8 Å². The third kappa shape index (κ3) is 5.83. The highest BCUT2D eigenvalue weighted by molar-refractivity contribution is 5.78. The minimum atomic E-state index is -0.378. The second-order valence-electron chi connectivity index (χ2n) is 8.16. The third-order valence-corrected chi connectivity index (χ3v) is 6.03. The number of hydrogen-bond donors (Lipinski definition) is 1. The number of nitrogens with zero attached hydrogens (tertiary/aromatic N) is 3. The van der Waals surface area contributed by atoms with Gasteiger partial charge in [-0.25, -0.2) is 4.39 Å². The van der Waals surface area contributed by atoms with Gasteiger partial charge in [-0.15, -0.1) is 0 Å². The highest BCUT2D eigenvalue weighted by atomic mass is 19.1. The quantitative estimate of drug-likeness (QED) is 0.487. The summed E-state index contributed by atoms with van der Waals surface area (Å²) in [5, 5.41) is 0. The van der Waals surface area contributed by atoms with Crippen LogP contribution in [0.4, 0.5) is 10.1 Å². The molecule has 3 rings (SSSR count). The maximum Gasteiger partial charge on any atom is 0.224 e. The summed E-state index contributed by atoms with van der Waals surface area (Å²) in [6.07, 6.45) is 6.14. The molecule has 1 aromatic carbocycles. The Labute approximate surface area is 193 Å². The van der Waals surface area contributed by atoms with Crippen LogP contribution in [0.15, 0.2) is 59.6 Å². The molecule has 0 saturated carbocycles. The number of rotatable bonds is 8. The molecule has 8 heteroatoms. The van der Waals surface area contributed by atoms with E-state index in [2.05, 4.69) is 6.92 Å². The number of nitrogens with two attached hydrogens (primary N) is 1. The number of methoxy groups -OCH3 is 1. The number of hydrogen-bond acceptors (Lipinski definition) is 5. The summed E-state index contributed by atoms with van der Waals surface area (Å²) < 4.78 is 20.8. The van der Waals surface area contributed by atoms with Crippen molar-refractivity contribution in [1.82, 2.24) is 9.47 Å². The van der Waals surface area contributed by atoms with Crippen LogP contribution < -0.4 is 10.6 Å². The van der Waals surface area contributed by atoms with Crippen molar-refractivity contribution >= 4 is 17.9 Å². The van der Waals surface area contributed by atoms with Crippen molar-refractivity contribution in [2.45, 2.75) is 26.2 Å². The first-order chi connectivity index (χ1) is 15.8. The molecule has 176 valence electrons. The van der Waals surface area contributed by atoms with E-state index >= 15 is 0 Å². The molecule has 0 saturated heterocycles. The average molecular weight is 455 g/mol. The Balaban J connectivity index is 1.67. The second-order valence-corrected chi connectivity index (χ2v) is 8.16. The summed E-state index contributed by atoms with van der Waals surface area (Å²) in [6, 6.07) is 7.88. The molecule has 0 fully saturated rings. The zero-order chi connectivity index (χ0) is 24.0. The van der Waals surface area contributed by atoms with Gasteiger partial charge in [0.05, 0.1) is 24.2 Å². The molecule has 0 atom stereocenters. The van der Waals surface area contributed by atoms with Crippen LogP contribution in [0, 0.1) is 5.82 Å². The lowest BCUT2D eigenvalue weighted by Gasteiger charge is -2.25. The number of ether oxygens (including phenoxy) is 1. The molecule has 2 N–H and O–H groups in total. The van der Waals surface area contributed by atoms with Gasteiger partial charge >= 0.3 is 0 Å². The summed E-state index contributed by atoms with van der Waals surface area (Å²) in [4.78, 5) is 28.0. The van der Waals surface area contributed by atoms with E-state index in [-0.39, 0.29) is 11.7 Å². The van der Waals surface area contributed by atoms with Gasteiger partial charge in [0, 0.05) is 45.4 Å². The average Bonchev–Trinajstić information content (AvgIpc) is 3.22. The normalized spacial score (nSPS) is 14.8. The van der Waals surface area contributed by atoms with Crippen LogP contribution in [0.2, 0.25) is 0 Å². The molecule has 0 radical (unpaired) electrons. The van der Waals surface area contributed by atoms with Crippen molar-refractivity contribution in [2.24, 2.45) is 5.73 Å². The molecule has 7 nitrogen and oxygen atoms in total. The number of aldehydes is 1. The van der Waals surface area contributed by atoms with Gasteiger partial charge in [-0.2, -0.15) is 0 Å². The first kappa shape index (κ1) is 24.1. The van der Waals surface area contributed by atoms with Gasteiger partial charge in [0.25, 0.3) is 0 Å². The van der Waals surface area contributed by atoms with E-state index in [0.717, 1.165) is 18.3 Å². The van der Waals surface area contributed by atoms with Crippen LogP contribution in [0.3, 0.4) is 0 Å². The first-order valence-corrected chi connectivity index (χ1v) is 10.9. The molecular formula is C25H31FN4O3. The van der Waals surface area contributed by atoms with E-state index in [9.17, 15) is 14.0 Å². The van der Waals surface area contributed by atoms with Crippen LogP contribution >= 0.6 is 0 Å². The number of amides is 1. The molecule has 1 aliphatic heterocycles. The maximum absolute atomic E-state index is 14.0. The van der Waals surface area contributed by atoms with Crippen molar-refractivity contribution in [3.8, 4) is 5.69 Å². The van der Waals surface area contributed by atoms with Crippen LogP contribution in [0.25, 0.3) is 5.69 Å². The monoisotopic (exact) mass is 454 g/mol. The van der Waals surface area contributed by atoms with Gasteiger partial charge in [0.2, 0.25) is 5.91 Å². The number of allylic oxidation sites excluding steroid dienone is 1. The summed E-state index contributed by atoms with van der Waals surface area (Å²) in [5.41, 5.74) is 9.86. The number of benzene rings is 1. The number of anilines is 1. The van der Waals surface area contributed by atoms with Crippen molar-refractivity contribution in [1.29, 1.82) is 0 Å². The van der Waals surface area contributed by atoms with Crippen LogP contribution in [-0.2, 0) is 9.53 Å². The SMILES string of the molecule is CO/C(N)=C/C1=C(C)CCN(C(=O)CCN(C)c2cc(F)ccc2-n2cccc2C=O)CC1. The Bertz CT molecular complexity index is 1070. The van der Waals surface area contributed by atoms with E-state index < -0.39 is 0 Å². The Morgan fingerprint density at radius 3 is 2.76 bits per heavy atom. The highest BCUT2D eigenvalue weighted by Crippen LogP contribution is 2.27. The van der Waals surface area contributed by atoms with Gasteiger partial charge in [-0.3, -0.25) is 9.59 Å². The lowest BCUT2D eigenvalue weighted by Crippen LogP contribution is -2.34. The van der Waals surface area contributed by atoms with E-state index in [1.807, 2.05) is 22.9 Å². The largest absolute Gasteiger partial charge is 0.483 e. The minimum Gasteiger partial charge on any atom is -0.483 e. The Morgan fingerprint density at radius 1 is 1.27 bits per heavy atom. The van der Waals surface area contributed by atoms with Gasteiger partial charge in [0.1, 0.15) is 5.82 Å². The number of carbonyl (C=O) groups excluding carboxylic acids is 2. The molecular weight excluding hydrogens is 423 g/mol. The Kier molecular flexibility index (Phi) is 7.92. The standard InChI is InChI=1S/C25H31FN4O3/c1-18-8-13-29(14-9-19(18)15-24(27)33-3)25(32)10-12-28(2)23-16-20(26)6-7-22(23)30-11-4-5-21(30)17-31/h4-7,11,15-17H,8-10,12-14,27H2,1-3H3/b24-15+. The molecule has 1 aromatic heterocycles. The van der Waals surface area contributed by atoms with E-state index in [4.69, 9.17) is 10.5 Å². The third-order valence-electron chi connectivity index (χ3n) is 6.03. The van der Waals surface area contributed by atoms with E-state index in [1.165, 1.54) is 24.8 Å². The summed E-state index contributed by atoms with van der Waals surface area (Å²) in [6.45, 7) is 3.73. The van der Waals surface area contributed by atoms with E-state index in [1.54, 1.807) is 29.0 Å². The van der Waals surface area contributed by atoms with E-state index in [0.29, 0.717) is 55.4 Å².